The molecule has 3 aromatic rings. The third-order valence-electron chi connectivity index (χ3n) is 3.76. The van der Waals surface area contributed by atoms with Gasteiger partial charge in [0.05, 0.1) is 10.2 Å². The van der Waals surface area contributed by atoms with Gasteiger partial charge >= 0.3 is 6.18 Å². The van der Waals surface area contributed by atoms with E-state index >= 15 is 0 Å². The molecule has 0 fully saturated rings. The average Bonchev–Trinajstić information content (AvgIpc) is 2.94. The first-order chi connectivity index (χ1) is 11.6. The molecule has 5 nitrogen and oxygen atoms in total. The van der Waals surface area contributed by atoms with Crippen LogP contribution in [0.3, 0.4) is 0 Å². The minimum absolute atomic E-state index is 0.101. The number of thiophene rings is 1. The second-order valence-corrected chi connectivity index (χ2v) is 6.32. The fourth-order valence-electron chi connectivity index (χ4n) is 2.68. The summed E-state index contributed by atoms with van der Waals surface area (Å²) in [6.07, 6.45) is -4.70. The maximum atomic E-state index is 13.5. The van der Waals surface area contributed by atoms with Crippen molar-refractivity contribution in [2.75, 3.05) is 0 Å². The van der Waals surface area contributed by atoms with Crippen LogP contribution in [0.4, 0.5) is 13.2 Å². The van der Waals surface area contributed by atoms with Crippen molar-refractivity contribution in [1.29, 1.82) is 0 Å². The number of rotatable bonds is 2. The second kappa shape index (κ2) is 5.62. The summed E-state index contributed by atoms with van der Waals surface area (Å²) >= 11 is 0.264. The summed E-state index contributed by atoms with van der Waals surface area (Å²) in [6, 6.07) is 7.72. The molecule has 1 aromatic carbocycles. The van der Waals surface area contributed by atoms with Crippen molar-refractivity contribution in [2.24, 2.45) is 12.8 Å². The van der Waals surface area contributed by atoms with Crippen LogP contribution in [0, 0.1) is 0 Å². The number of alkyl halides is 3. The number of nitrogens with zero attached hydrogens (tertiary/aromatic N) is 1. The molecule has 0 unspecified atom stereocenters. The molecule has 25 heavy (non-hydrogen) atoms. The van der Waals surface area contributed by atoms with Crippen LogP contribution in [0.5, 0.6) is 5.75 Å². The number of fused-ring (bicyclic) bond motifs is 1. The lowest BCUT2D eigenvalue weighted by molar-refractivity contribution is -0.133. The number of benzene rings is 1. The van der Waals surface area contributed by atoms with Crippen LogP contribution in [-0.2, 0) is 13.2 Å². The lowest BCUT2D eigenvalue weighted by atomic mass is 10.0. The smallest absolute Gasteiger partial charge is 0.426 e. The zero-order chi connectivity index (χ0) is 18.5. The number of carbonyl (C=O) groups excluding carboxylic acids is 1. The van der Waals surface area contributed by atoms with E-state index in [9.17, 15) is 27.9 Å². The molecule has 9 heteroatoms. The Balaban J connectivity index is 2.58. The summed E-state index contributed by atoms with van der Waals surface area (Å²) in [5.74, 6) is -2.04. The minimum Gasteiger partial charge on any atom is -0.505 e. The van der Waals surface area contributed by atoms with Crippen molar-refractivity contribution in [3.05, 3.63) is 51.1 Å². The van der Waals surface area contributed by atoms with Gasteiger partial charge in [0.1, 0.15) is 10.4 Å². The first-order valence-corrected chi connectivity index (χ1v) is 7.77. The Labute approximate surface area is 142 Å². The van der Waals surface area contributed by atoms with Crippen LogP contribution >= 0.6 is 11.3 Å². The van der Waals surface area contributed by atoms with E-state index in [1.54, 1.807) is 18.2 Å². The molecule has 0 aliphatic heterocycles. The maximum Gasteiger partial charge on any atom is 0.426 e. The number of hydrogen-bond acceptors (Lipinski definition) is 4. The van der Waals surface area contributed by atoms with Crippen LogP contribution in [0.1, 0.15) is 15.2 Å². The molecule has 130 valence electrons. The van der Waals surface area contributed by atoms with E-state index in [0.29, 0.717) is 0 Å². The highest BCUT2D eigenvalue weighted by Gasteiger charge is 2.39. The van der Waals surface area contributed by atoms with E-state index in [-0.39, 0.29) is 32.7 Å². The van der Waals surface area contributed by atoms with Crippen LogP contribution < -0.4 is 11.3 Å². The Kier molecular flexibility index (Phi) is 3.83. The summed E-state index contributed by atoms with van der Waals surface area (Å²) < 4.78 is 41.3. The van der Waals surface area contributed by atoms with E-state index < -0.39 is 33.8 Å². The van der Waals surface area contributed by atoms with Gasteiger partial charge in [-0.1, -0.05) is 30.3 Å². The quantitative estimate of drug-likeness (QED) is 0.729. The number of nitrogens with two attached hydrogens (primary N) is 1. The van der Waals surface area contributed by atoms with Crippen molar-refractivity contribution in [3.8, 4) is 16.9 Å². The summed E-state index contributed by atoms with van der Waals surface area (Å²) in [5, 5.41) is 10.2. The molecule has 0 aliphatic carbocycles. The van der Waals surface area contributed by atoms with Gasteiger partial charge in [-0.2, -0.15) is 13.2 Å². The molecule has 3 N–H and O–H groups in total. The third kappa shape index (κ3) is 2.56. The van der Waals surface area contributed by atoms with E-state index in [0.717, 1.165) is 4.57 Å². The van der Waals surface area contributed by atoms with Gasteiger partial charge in [-0.3, -0.25) is 9.59 Å². The van der Waals surface area contributed by atoms with Gasteiger partial charge in [0, 0.05) is 12.6 Å². The topological polar surface area (TPSA) is 85.3 Å². The molecule has 0 bridgehead atoms. The fourth-order valence-corrected chi connectivity index (χ4v) is 3.85. The molecule has 0 aliphatic rings. The Morgan fingerprint density at radius 3 is 2.36 bits per heavy atom. The van der Waals surface area contributed by atoms with Gasteiger partial charge in [-0.05, 0) is 5.56 Å². The van der Waals surface area contributed by atoms with Crippen molar-refractivity contribution < 1.29 is 23.1 Å². The molecule has 0 spiro atoms. The number of aromatic hydroxyl groups is 1. The van der Waals surface area contributed by atoms with E-state index in [1.165, 1.54) is 19.2 Å². The SMILES string of the molecule is Cn1c(=O)c(C(N)=O)c(O)c2sc(C(F)(F)F)c(-c3ccccc3)c21. The third-order valence-corrected chi connectivity index (χ3v) is 4.99. The summed E-state index contributed by atoms with van der Waals surface area (Å²) in [6.45, 7) is 0. The minimum atomic E-state index is -4.70. The molecular weight excluding hydrogens is 357 g/mol. The van der Waals surface area contributed by atoms with Gasteiger partial charge in [0.25, 0.3) is 11.5 Å². The molecule has 0 atom stereocenters. The van der Waals surface area contributed by atoms with E-state index in [1.807, 2.05) is 0 Å². The molecule has 2 heterocycles. The summed E-state index contributed by atoms with van der Waals surface area (Å²) in [7, 11) is 1.23. The predicted octanol–water partition coefficient (Wildman–Crippen LogP) is 3.09. The largest absolute Gasteiger partial charge is 0.505 e. The fraction of sp³-hybridized carbons (Fsp3) is 0.125. The number of primary amides is 1. The molecule has 1 amide bonds. The lowest BCUT2D eigenvalue weighted by Gasteiger charge is -2.11. The molecule has 0 saturated carbocycles. The van der Waals surface area contributed by atoms with Crippen LogP contribution in [0.25, 0.3) is 21.3 Å². The Bertz CT molecular complexity index is 1050. The first-order valence-electron chi connectivity index (χ1n) is 6.95. The number of carbonyl (C=O) groups is 1. The molecule has 2 aromatic heterocycles. The predicted molar refractivity (Wildman–Crippen MR) is 87.7 cm³/mol. The van der Waals surface area contributed by atoms with Gasteiger partial charge in [0.15, 0.2) is 5.75 Å². The normalized spacial score (nSPS) is 11.8. The summed E-state index contributed by atoms with van der Waals surface area (Å²) in [5.41, 5.74) is 3.31. The number of aromatic nitrogens is 1. The molecule has 3 rings (SSSR count). The molecule has 0 radical (unpaired) electrons. The van der Waals surface area contributed by atoms with Crippen LogP contribution in [-0.4, -0.2) is 15.6 Å². The Morgan fingerprint density at radius 2 is 1.84 bits per heavy atom. The standard InChI is InChI=1S/C16H11F3N2O3S/c1-21-10-8(7-5-3-2-4-6-7)13(16(17,18)19)25-12(10)11(22)9(14(20)23)15(21)24/h2-6,22H,1H3,(H2,20,23). The highest BCUT2D eigenvalue weighted by Crippen LogP contribution is 2.48. The van der Waals surface area contributed by atoms with Crippen molar-refractivity contribution in [1.82, 2.24) is 4.57 Å². The monoisotopic (exact) mass is 368 g/mol. The number of amides is 1. The van der Waals surface area contributed by atoms with Crippen LogP contribution in [0.2, 0.25) is 0 Å². The number of aryl methyl sites for hydroxylation is 1. The maximum absolute atomic E-state index is 13.5. The van der Waals surface area contributed by atoms with Crippen molar-refractivity contribution in [2.45, 2.75) is 6.18 Å². The second-order valence-electron chi connectivity index (χ2n) is 5.30. The van der Waals surface area contributed by atoms with Crippen LogP contribution in [0.15, 0.2) is 35.1 Å². The number of halogens is 3. The first kappa shape index (κ1) is 17.0. The van der Waals surface area contributed by atoms with Crippen molar-refractivity contribution >= 4 is 27.5 Å². The molecule has 0 saturated heterocycles. The summed E-state index contributed by atoms with van der Waals surface area (Å²) in [4.78, 5) is 22.8. The Hall–Kier alpha value is -2.81. The van der Waals surface area contributed by atoms with Crippen molar-refractivity contribution in [3.63, 3.8) is 0 Å². The van der Waals surface area contributed by atoms with E-state index in [2.05, 4.69) is 0 Å². The highest BCUT2D eigenvalue weighted by atomic mass is 32.1. The zero-order valence-corrected chi connectivity index (χ0v) is 13.5. The zero-order valence-electron chi connectivity index (χ0n) is 12.7. The number of hydrogen-bond donors (Lipinski definition) is 2. The molecular formula is C16H11F3N2O3S. The number of pyridine rings is 1. The van der Waals surface area contributed by atoms with Gasteiger partial charge in [-0.25, -0.2) is 0 Å². The average molecular weight is 368 g/mol. The lowest BCUT2D eigenvalue weighted by Crippen LogP contribution is -2.28. The van der Waals surface area contributed by atoms with Gasteiger partial charge < -0.3 is 15.4 Å². The van der Waals surface area contributed by atoms with Gasteiger partial charge in [-0.15, -0.1) is 11.3 Å². The van der Waals surface area contributed by atoms with Gasteiger partial charge in [0.2, 0.25) is 0 Å². The Morgan fingerprint density at radius 1 is 1.24 bits per heavy atom. The van der Waals surface area contributed by atoms with E-state index in [4.69, 9.17) is 5.73 Å². The highest BCUT2D eigenvalue weighted by molar-refractivity contribution is 7.20.